The van der Waals surface area contributed by atoms with Gasteiger partial charge in [-0.15, -0.1) is 11.3 Å². The number of carbonyl (C=O) groups excluding carboxylic acids is 2. The van der Waals surface area contributed by atoms with Crippen molar-refractivity contribution < 1.29 is 14.0 Å². The maximum Gasteiger partial charge on any atom is 0.318 e. The predicted octanol–water partition coefficient (Wildman–Crippen LogP) is 5.48. The Hall–Kier alpha value is -2.41. The van der Waals surface area contributed by atoms with Gasteiger partial charge >= 0.3 is 6.03 Å². The Bertz CT molecular complexity index is 891. The normalized spacial score (nSPS) is 14.4. The van der Waals surface area contributed by atoms with E-state index >= 15 is 0 Å². The van der Waals surface area contributed by atoms with Crippen molar-refractivity contribution in [2.24, 2.45) is 0 Å². The summed E-state index contributed by atoms with van der Waals surface area (Å²) in [6, 6.07) is 8.18. The number of thiophene rings is 1. The third-order valence-electron chi connectivity index (χ3n) is 6.06. The fourth-order valence-electron chi connectivity index (χ4n) is 4.02. The van der Waals surface area contributed by atoms with Crippen molar-refractivity contribution in [1.29, 1.82) is 0 Å². The highest BCUT2D eigenvalue weighted by Gasteiger charge is 2.26. The molecule has 1 aromatic carbocycles. The minimum absolute atomic E-state index is 0.0157. The first-order chi connectivity index (χ1) is 15.3. The smallest absolute Gasteiger partial charge is 0.318 e. The topological polar surface area (TPSA) is 52.7 Å². The zero-order chi connectivity index (χ0) is 23.1. The van der Waals surface area contributed by atoms with Gasteiger partial charge in [-0.1, -0.05) is 31.4 Å². The highest BCUT2D eigenvalue weighted by molar-refractivity contribution is 7.10. The van der Waals surface area contributed by atoms with Crippen molar-refractivity contribution >= 4 is 23.3 Å². The van der Waals surface area contributed by atoms with Crippen molar-refractivity contribution in [2.45, 2.75) is 78.0 Å². The lowest BCUT2D eigenvalue weighted by Crippen LogP contribution is -2.51. The van der Waals surface area contributed by atoms with Gasteiger partial charge in [0.15, 0.2) is 0 Å². The minimum atomic E-state index is -0.300. The van der Waals surface area contributed by atoms with E-state index in [-0.39, 0.29) is 36.4 Å². The summed E-state index contributed by atoms with van der Waals surface area (Å²) in [5, 5.41) is 5.15. The minimum Gasteiger partial charge on any atom is -0.335 e. The number of amides is 3. The van der Waals surface area contributed by atoms with Gasteiger partial charge in [-0.2, -0.15) is 0 Å². The molecule has 1 saturated carbocycles. The number of urea groups is 1. The van der Waals surface area contributed by atoms with E-state index < -0.39 is 0 Å². The van der Waals surface area contributed by atoms with Crippen LogP contribution in [-0.2, 0) is 17.9 Å². The van der Waals surface area contributed by atoms with E-state index in [0.717, 1.165) is 41.7 Å². The number of benzene rings is 1. The van der Waals surface area contributed by atoms with Gasteiger partial charge in [0.25, 0.3) is 0 Å². The molecule has 1 aliphatic rings. The predicted molar refractivity (Wildman–Crippen MR) is 127 cm³/mol. The van der Waals surface area contributed by atoms with Crippen LogP contribution in [0, 0.1) is 12.7 Å². The quantitative estimate of drug-likeness (QED) is 0.569. The molecular formula is C25H34FN3O2S. The fourth-order valence-corrected chi connectivity index (χ4v) is 4.94. The lowest BCUT2D eigenvalue weighted by molar-refractivity contribution is -0.133. The maximum absolute atomic E-state index is 13.4. The summed E-state index contributed by atoms with van der Waals surface area (Å²) < 4.78 is 13.4. The first-order valence-electron chi connectivity index (χ1n) is 11.5. The van der Waals surface area contributed by atoms with Crippen LogP contribution in [0.2, 0.25) is 0 Å². The Balaban J connectivity index is 1.72. The lowest BCUT2D eigenvalue weighted by atomic mass is 9.96. The second kappa shape index (κ2) is 11.5. The number of hydrogen-bond donors (Lipinski definition) is 1. The highest BCUT2D eigenvalue weighted by atomic mass is 32.1. The van der Waals surface area contributed by atoms with E-state index in [1.165, 1.54) is 18.6 Å². The molecule has 1 aromatic heterocycles. The van der Waals surface area contributed by atoms with Crippen LogP contribution in [0.4, 0.5) is 9.18 Å². The van der Waals surface area contributed by atoms with Gasteiger partial charge in [-0.3, -0.25) is 4.79 Å². The molecule has 3 amide bonds. The molecular weight excluding hydrogens is 425 g/mol. The number of hydrogen-bond acceptors (Lipinski definition) is 3. The second-order valence-corrected chi connectivity index (χ2v) is 9.91. The molecule has 1 aliphatic carbocycles. The number of aryl methyl sites for hydroxylation is 1. The van der Waals surface area contributed by atoms with Crippen LogP contribution in [0.1, 0.15) is 62.0 Å². The average molecular weight is 460 g/mol. The Morgan fingerprint density at radius 3 is 2.38 bits per heavy atom. The molecule has 0 radical (unpaired) electrons. The Morgan fingerprint density at radius 2 is 1.78 bits per heavy atom. The third-order valence-corrected chi connectivity index (χ3v) is 7.07. The summed E-state index contributed by atoms with van der Waals surface area (Å²) >= 11 is 1.62. The highest BCUT2D eigenvalue weighted by Crippen LogP contribution is 2.21. The molecule has 0 unspecified atom stereocenters. The largest absolute Gasteiger partial charge is 0.335 e. The summed E-state index contributed by atoms with van der Waals surface area (Å²) in [4.78, 5) is 30.9. The number of halogens is 1. The molecule has 1 fully saturated rings. The molecule has 32 heavy (non-hydrogen) atoms. The van der Waals surface area contributed by atoms with E-state index in [1.54, 1.807) is 33.3 Å². The summed E-state index contributed by atoms with van der Waals surface area (Å²) in [5.41, 5.74) is 2.00. The van der Waals surface area contributed by atoms with E-state index in [4.69, 9.17) is 0 Å². The average Bonchev–Trinajstić information content (AvgIpc) is 3.17. The fraction of sp³-hybridized carbons (Fsp3) is 0.520. The van der Waals surface area contributed by atoms with E-state index in [9.17, 15) is 14.0 Å². The van der Waals surface area contributed by atoms with Crippen molar-refractivity contribution in [3.8, 4) is 0 Å². The van der Waals surface area contributed by atoms with Crippen LogP contribution in [0.3, 0.4) is 0 Å². The Labute approximate surface area is 194 Å². The Morgan fingerprint density at radius 1 is 1.09 bits per heavy atom. The monoisotopic (exact) mass is 459 g/mol. The zero-order valence-electron chi connectivity index (χ0n) is 19.3. The summed E-state index contributed by atoms with van der Waals surface area (Å²) in [7, 11) is 0. The molecule has 0 saturated heterocycles. The van der Waals surface area contributed by atoms with Crippen molar-refractivity contribution in [3.63, 3.8) is 0 Å². The van der Waals surface area contributed by atoms with Gasteiger partial charge in [-0.05, 0) is 68.3 Å². The van der Waals surface area contributed by atoms with Crippen LogP contribution in [0.15, 0.2) is 35.7 Å². The molecule has 1 N–H and O–H groups in total. The first-order valence-corrected chi connectivity index (χ1v) is 12.3. The SMILES string of the molecule is Cc1ccsc1CN(Cc1ccc(F)cc1)C(=O)CN(C(=O)NC1CCCCC1)C(C)C. The molecule has 174 valence electrons. The first kappa shape index (κ1) is 24.2. The number of nitrogens with one attached hydrogen (secondary N) is 1. The van der Waals surface area contributed by atoms with Gasteiger partial charge in [0, 0.05) is 23.5 Å². The molecule has 3 rings (SSSR count). The second-order valence-electron chi connectivity index (χ2n) is 8.91. The molecule has 0 bridgehead atoms. The van der Waals surface area contributed by atoms with Crippen LogP contribution in [-0.4, -0.2) is 40.4 Å². The van der Waals surface area contributed by atoms with Crippen LogP contribution < -0.4 is 5.32 Å². The van der Waals surface area contributed by atoms with E-state index in [2.05, 4.69) is 5.32 Å². The van der Waals surface area contributed by atoms with Gasteiger partial charge < -0.3 is 15.1 Å². The Kier molecular flexibility index (Phi) is 8.67. The van der Waals surface area contributed by atoms with Gasteiger partial charge in [0.2, 0.25) is 5.91 Å². The molecule has 7 heteroatoms. The summed E-state index contributed by atoms with van der Waals surface area (Å²) in [6.45, 7) is 6.75. The maximum atomic E-state index is 13.4. The van der Waals surface area contributed by atoms with Crippen LogP contribution >= 0.6 is 11.3 Å². The summed E-state index contributed by atoms with van der Waals surface area (Å²) in [5.74, 6) is -0.416. The van der Waals surface area contributed by atoms with Crippen molar-refractivity contribution in [1.82, 2.24) is 15.1 Å². The molecule has 0 aliphatic heterocycles. The molecule has 0 spiro atoms. The molecule has 5 nitrogen and oxygen atoms in total. The molecule has 1 heterocycles. The van der Waals surface area contributed by atoms with E-state index in [0.29, 0.717) is 13.1 Å². The van der Waals surface area contributed by atoms with Crippen LogP contribution in [0.25, 0.3) is 0 Å². The molecule has 2 aromatic rings. The standard InChI is InChI=1S/C25H34FN3O2S/c1-18(2)29(25(31)27-22-7-5-4-6-8-22)17-24(30)28(16-23-19(3)13-14-32-23)15-20-9-11-21(26)12-10-20/h9-14,18,22H,4-8,15-17H2,1-3H3,(H,27,31). The summed E-state index contributed by atoms with van der Waals surface area (Å²) in [6.07, 6.45) is 5.49. The zero-order valence-corrected chi connectivity index (χ0v) is 20.1. The van der Waals surface area contributed by atoms with Crippen LogP contribution in [0.5, 0.6) is 0 Å². The van der Waals surface area contributed by atoms with Gasteiger partial charge in [-0.25, -0.2) is 9.18 Å². The van der Waals surface area contributed by atoms with Crippen molar-refractivity contribution in [3.05, 3.63) is 57.5 Å². The van der Waals surface area contributed by atoms with E-state index in [1.807, 2.05) is 32.2 Å². The molecule has 0 atom stereocenters. The number of nitrogens with zero attached hydrogens (tertiary/aromatic N) is 2. The number of carbonyl (C=O) groups is 2. The van der Waals surface area contributed by atoms with Gasteiger partial charge in [0.05, 0.1) is 6.54 Å². The van der Waals surface area contributed by atoms with Gasteiger partial charge in [0.1, 0.15) is 12.4 Å². The van der Waals surface area contributed by atoms with Crippen molar-refractivity contribution in [2.75, 3.05) is 6.54 Å². The number of rotatable bonds is 8. The third kappa shape index (κ3) is 6.79. The lowest BCUT2D eigenvalue weighted by Gasteiger charge is -2.32.